The van der Waals surface area contributed by atoms with E-state index >= 15 is 0 Å². The van der Waals surface area contributed by atoms with Crippen LogP contribution in [0.2, 0.25) is 0 Å². The van der Waals surface area contributed by atoms with Crippen molar-refractivity contribution in [2.45, 2.75) is 32.7 Å². The predicted molar refractivity (Wildman–Crippen MR) is 92.3 cm³/mol. The highest BCUT2D eigenvalue weighted by atomic mass is 16.3. The zero-order valence-electron chi connectivity index (χ0n) is 13.5. The summed E-state index contributed by atoms with van der Waals surface area (Å²) in [5.74, 6) is 0.00335. The molecule has 1 atom stereocenters. The lowest BCUT2D eigenvalue weighted by Crippen LogP contribution is -2.27. The minimum atomic E-state index is -0.00596. The van der Waals surface area contributed by atoms with Crippen LogP contribution < -0.4 is 5.32 Å². The van der Waals surface area contributed by atoms with E-state index in [9.17, 15) is 4.79 Å². The fraction of sp³-hybridized carbons (Fsp3) is 0.250. The quantitative estimate of drug-likeness (QED) is 0.758. The van der Waals surface area contributed by atoms with Crippen LogP contribution in [0.5, 0.6) is 0 Å². The Morgan fingerprint density at radius 3 is 2.70 bits per heavy atom. The van der Waals surface area contributed by atoms with E-state index in [0.717, 1.165) is 28.5 Å². The van der Waals surface area contributed by atoms with Crippen LogP contribution in [0.4, 0.5) is 0 Å². The highest BCUT2D eigenvalue weighted by Gasteiger charge is 2.13. The zero-order chi connectivity index (χ0) is 16.2. The lowest BCUT2D eigenvalue weighted by molar-refractivity contribution is -0.121. The van der Waals surface area contributed by atoms with Crippen molar-refractivity contribution in [2.24, 2.45) is 0 Å². The van der Waals surface area contributed by atoms with Crippen molar-refractivity contribution in [3.63, 3.8) is 0 Å². The molecule has 3 rings (SSSR count). The van der Waals surface area contributed by atoms with Crippen LogP contribution in [0.25, 0.3) is 11.0 Å². The summed E-state index contributed by atoms with van der Waals surface area (Å²) in [6, 6.07) is 16.1. The Bertz CT molecular complexity index is 805. The number of furan rings is 1. The second-order valence-corrected chi connectivity index (χ2v) is 5.82. The van der Waals surface area contributed by atoms with E-state index in [1.807, 2.05) is 49.4 Å². The van der Waals surface area contributed by atoms with Crippen molar-refractivity contribution in [1.82, 2.24) is 5.32 Å². The van der Waals surface area contributed by atoms with Crippen molar-refractivity contribution in [1.29, 1.82) is 0 Å². The van der Waals surface area contributed by atoms with Crippen LogP contribution in [-0.4, -0.2) is 5.91 Å². The molecule has 1 N–H and O–H groups in total. The van der Waals surface area contributed by atoms with Crippen molar-refractivity contribution < 1.29 is 9.21 Å². The fourth-order valence-electron chi connectivity index (χ4n) is 2.77. The van der Waals surface area contributed by atoms with Crippen molar-refractivity contribution in [2.75, 3.05) is 0 Å². The number of aryl methyl sites for hydroxylation is 1. The minimum absolute atomic E-state index is 0.00335. The van der Waals surface area contributed by atoms with E-state index in [-0.39, 0.29) is 11.9 Å². The highest BCUT2D eigenvalue weighted by Crippen LogP contribution is 2.23. The van der Waals surface area contributed by atoms with E-state index in [0.29, 0.717) is 6.42 Å². The van der Waals surface area contributed by atoms with E-state index in [1.54, 1.807) is 6.26 Å². The van der Waals surface area contributed by atoms with Crippen molar-refractivity contribution in [3.8, 4) is 0 Å². The molecule has 1 aromatic heterocycles. The van der Waals surface area contributed by atoms with Gasteiger partial charge in [0, 0.05) is 10.9 Å². The standard InChI is InChI=1S/C20H21NO2/c1-3-15-9-10-18-17(13-23-19(18)11-15)12-20(22)21-14(2)16-7-5-4-6-8-16/h4-11,13-14H,3,12H2,1-2H3,(H,21,22)/t14-/m1/s1. The largest absolute Gasteiger partial charge is 0.464 e. The maximum atomic E-state index is 12.3. The van der Waals surface area contributed by atoms with E-state index in [1.165, 1.54) is 5.56 Å². The molecular formula is C20H21NO2. The van der Waals surface area contributed by atoms with E-state index in [2.05, 4.69) is 18.3 Å². The first-order chi connectivity index (χ1) is 11.2. The second kappa shape index (κ2) is 6.69. The van der Waals surface area contributed by atoms with Crippen molar-refractivity contribution >= 4 is 16.9 Å². The number of hydrogen-bond acceptors (Lipinski definition) is 2. The van der Waals surface area contributed by atoms with Gasteiger partial charge in [0.25, 0.3) is 0 Å². The number of nitrogens with one attached hydrogen (secondary N) is 1. The molecule has 0 aliphatic rings. The minimum Gasteiger partial charge on any atom is -0.464 e. The smallest absolute Gasteiger partial charge is 0.225 e. The van der Waals surface area contributed by atoms with Crippen molar-refractivity contribution in [3.05, 3.63) is 71.5 Å². The van der Waals surface area contributed by atoms with Gasteiger partial charge < -0.3 is 9.73 Å². The summed E-state index contributed by atoms with van der Waals surface area (Å²) in [6.45, 7) is 4.11. The molecule has 3 aromatic rings. The number of rotatable bonds is 5. The first kappa shape index (κ1) is 15.3. The fourth-order valence-corrected chi connectivity index (χ4v) is 2.77. The summed E-state index contributed by atoms with van der Waals surface area (Å²) in [5.41, 5.74) is 4.12. The van der Waals surface area contributed by atoms with Gasteiger partial charge in [-0.25, -0.2) is 0 Å². The Labute approximate surface area is 136 Å². The van der Waals surface area contributed by atoms with Gasteiger partial charge >= 0.3 is 0 Å². The lowest BCUT2D eigenvalue weighted by atomic mass is 10.1. The third-order valence-electron chi connectivity index (χ3n) is 4.16. The molecular weight excluding hydrogens is 286 g/mol. The van der Waals surface area contributed by atoms with Crippen LogP contribution in [0.1, 0.15) is 36.6 Å². The molecule has 0 spiro atoms. The molecule has 3 nitrogen and oxygen atoms in total. The summed E-state index contributed by atoms with van der Waals surface area (Å²) in [6.07, 6.45) is 2.99. The van der Waals surface area contributed by atoms with Crippen LogP contribution in [0.3, 0.4) is 0 Å². The third kappa shape index (κ3) is 3.45. The first-order valence-electron chi connectivity index (χ1n) is 8.00. The lowest BCUT2D eigenvalue weighted by Gasteiger charge is -2.14. The van der Waals surface area contributed by atoms with Gasteiger partial charge in [0.1, 0.15) is 5.58 Å². The average molecular weight is 307 g/mol. The molecule has 0 unspecified atom stereocenters. The van der Waals surface area contributed by atoms with Crippen LogP contribution in [-0.2, 0) is 17.6 Å². The van der Waals surface area contributed by atoms with E-state index in [4.69, 9.17) is 4.42 Å². The second-order valence-electron chi connectivity index (χ2n) is 5.82. The molecule has 2 aromatic carbocycles. The molecule has 0 saturated carbocycles. The molecule has 3 heteroatoms. The molecule has 0 aliphatic heterocycles. The number of carbonyl (C=O) groups is 1. The third-order valence-corrected chi connectivity index (χ3v) is 4.16. The Morgan fingerprint density at radius 1 is 1.17 bits per heavy atom. The molecule has 0 radical (unpaired) electrons. The Hall–Kier alpha value is -2.55. The number of benzene rings is 2. The molecule has 0 bridgehead atoms. The molecule has 0 saturated heterocycles. The summed E-state index contributed by atoms with van der Waals surface area (Å²) in [4.78, 5) is 12.3. The van der Waals surface area contributed by atoms with Gasteiger partial charge in [-0.1, -0.05) is 49.4 Å². The van der Waals surface area contributed by atoms with Gasteiger partial charge in [0.05, 0.1) is 18.7 Å². The Kier molecular flexibility index (Phi) is 4.47. The molecule has 1 amide bonds. The van der Waals surface area contributed by atoms with Crippen LogP contribution in [0.15, 0.2) is 59.2 Å². The summed E-state index contributed by atoms with van der Waals surface area (Å²) < 4.78 is 5.60. The number of amides is 1. The number of fused-ring (bicyclic) bond motifs is 1. The van der Waals surface area contributed by atoms with Gasteiger partial charge in [0.2, 0.25) is 5.91 Å². The average Bonchev–Trinajstić information content (AvgIpc) is 2.97. The molecule has 118 valence electrons. The summed E-state index contributed by atoms with van der Waals surface area (Å²) in [5, 5.41) is 4.06. The Balaban J connectivity index is 1.71. The van der Waals surface area contributed by atoms with Gasteiger partial charge in [-0.15, -0.1) is 0 Å². The maximum Gasteiger partial charge on any atom is 0.225 e. The van der Waals surface area contributed by atoms with Crippen LogP contribution in [0, 0.1) is 0 Å². The monoisotopic (exact) mass is 307 g/mol. The summed E-state index contributed by atoms with van der Waals surface area (Å²) in [7, 11) is 0. The SMILES string of the molecule is CCc1ccc2c(CC(=O)N[C@H](C)c3ccccc3)coc2c1. The number of carbonyl (C=O) groups excluding carboxylic acids is 1. The normalized spacial score (nSPS) is 12.3. The van der Waals surface area contributed by atoms with Gasteiger partial charge in [-0.3, -0.25) is 4.79 Å². The topological polar surface area (TPSA) is 42.2 Å². The van der Waals surface area contributed by atoms with Crippen LogP contribution >= 0.6 is 0 Å². The van der Waals surface area contributed by atoms with Gasteiger partial charge in [-0.2, -0.15) is 0 Å². The molecule has 1 heterocycles. The summed E-state index contributed by atoms with van der Waals surface area (Å²) >= 11 is 0. The number of hydrogen-bond donors (Lipinski definition) is 1. The Morgan fingerprint density at radius 2 is 1.96 bits per heavy atom. The van der Waals surface area contributed by atoms with Gasteiger partial charge in [-0.05, 0) is 30.5 Å². The zero-order valence-corrected chi connectivity index (χ0v) is 13.5. The van der Waals surface area contributed by atoms with E-state index < -0.39 is 0 Å². The van der Waals surface area contributed by atoms with Gasteiger partial charge in [0.15, 0.2) is 0 Å². The molecule has 0 aliphatic carbocycles. The predicted octanol–water partition coefficient (Wildman–Crippen LogP) is 4.42. The maximum absolute atomic E-state index is 12.3. The molecule has 23 heavy (non-hydrogen) atoms. The molecule has 0 fully saturated rings. The highest BCUT2D eigenvalue weighted by molar-refractivity contribution is 5.88. The first-order valence-corrected chi connectivity index (χ1v) is 8.00.